The first-order valence-electron chi connectivity index (χ1n) is 5.92. The van der Waals surface area contributed by atoms with Crippen LogP contribution in [0.4, 0.5) is 5.69 Å². The van der Waals surface area contributed by atoms with E-state index in [1.165, 1.54) is 10.6 Å². The van der Waals surface area contributed by atoms with E-state index >= 15 is 0 Å². The molecule has 0 aliphatic rings. The average Bonchev–Trinajstić information content (AvgIpc) is 2.90. The van der Waals surface area contributed by atoms with Gasteiger partial charge in [-0.3, -0.25) is 0 Å². The Labute approximate surface area is 107 Å². The largest absolute Gasteiger partial charge is 0.363 e. The van der Waals surface area contributed by atoms with Gasteiger partial charge in [-0.1, -0.05) is 24.3 Å². The molecule has 1 unspecified atom stereocenters. The number of hydrogen-bond donors (Lipinski definition) is 1. The average molecular weight is 246 g/mol. The summed E-state index contributed by atoms with van der Waals surface area (Å²) in [4.78, 5) is 3.68. The number of anilines is 1. The number of benzene rings is 1. The molecule has 0 saturated heterocycles. The van der Waals surface area contributed by atoms with E-state index in [-0.39, 0.29) is 6.04 Å². The molecule has 3 heteroatoms. The number of likely N-dealkylation sites (N-methyl/N-ethyl adjacent to an activating group) is 1. The van der Waals surface area contributed by atoms with Crippen LogP contribution in [-0.2, 0) is 0 Å². The van der Waals surface area contributed by atoms with Gasteiger partial charge in [-0.2, -0.15) is 0 Å². The third-order valence-corrected chi connectivity index (χ3v) is 3.87. The molecule has 1 aromatic heterocycles. The predicted octanol–water partition coefficient (Wildman–Crippen LogP) is 3.27. The number of nitrogens with two attached hydrogens (primary N) is 1. The zero-order valence-electron chi connectivity index (χ0n) is 10.0. The van der Waals surface area contributed by atoms with Crippen molar-refractivity contribution < 1.29 is 0 Å². The molecule has 2 nitrogen and oxygen atoms in total. The molecule has 2 aromatic rings. The van der Waals surface area contributed by atoms with Gasteiger partial charge in [0.15, 0.2) is 0 Å². The third kappa shape index (κ3) is 2.68. The fourth-order valence-electron chi connectivity index (χ4n) is 2.08. The van der Waals surface area contributed by atoms with Gasteiger partial charge >= 0.3 is 0 Å². The van der Waals surface area contributed by atoms with E-state index in [4.69, 9.17) is 5.73 Å². The molecule has 0 spiro atoms. The van der Waals surface area contributed by atoms with Crippen LogP contribution in [0.1, 0.15) is 17.8 Å². The molecule has 17 heavy (non-hydrogen) atoms. The van der Waals surface area contributed by atoms with Gasteiger partial charge in [0.2, 0.25) is 0 Å². The molecule has 1 aromatic carbocycles. The molecule has 1 atom stereocenters. The van der Waals surface area contributed by atoms with Crippen molar-refractivity contribution in [2.75, 3.05) is 18.0 Å². The van der Waals surface area contributed by atoms with Crippen molar-refractivity contribution in [1.82, 2.24) is 0 Å². The maximum absolute atomic E-state index is 5.94. The first-order chi connectivity index (χ1) is 8.36. The van der Waals surface area contributed by atoms with Gasteiger partial charge in [-0.25, -0.2) is 0 Å². The van der Waals surface area contributed by atoms with Crippen molar-refractivity contribution in [3.63, 3.8) is 0 Å². The molecule has 2 N–H and O–H groups in total. The van der Waals surface area contributed by atoms with E-state index in [9.17, 15) is 0 Å². The Bertz CT molecular complexity index is 425. The summed E-state index contributed by atoms with van der Waals surface area (Å²) in [6.07, 6.45) is 0. The summed E-state index contributed by atoms with van der Waals surface area (Å²) < 4.78 is 0. The Kier molecular flexibility index (Phi) is 4.18. The number of nitrogens with zero attached hydrogens (tertiary/aromatic N) is 1. The fraction of sp³-hybridized carbons (Fsp3) is 0.286. The first kappa shape index (κ1) is 12.1. The molecule has 0 fully saturated rings. The highest BCUT2D eigenvalue weighted by Gasteiger charge is 2.18. The van der Waals surface area contributed by atoms with E-state index in [0.717, 1.165) is 6.54 Å². The van der Waals surface area contributed by atoms with Crippen molar-refractivity contribution in [1.29, 1.82) is 0 Å². The molecular weight excluding hydrogens is 228 g/mol. The highest BCUT2D eigenvalue weighted by Crippen LogP contribution is 2.28. The van der Waals surface area contributed by atoms with E-state index in [1.54, 1.807) is 11.3 Å². The molecular formula is C14H18N2S. The highest BCUT2D eigenvalue weighted by molar-refractivity contribution is 7.10. The monoisotopic (exact) mass is 246 g/mol. The Morgan fingerprint density at radius 3 is 2.47 bits per heavy atom. The summed E-state index contributed by atoms with van der Waals surface area (Å²) in [6.45, 7) is 3.77. The lowest BCUT2D eigenvalue weighted by atomic mass is 10.1. The third-order valence-electron chi connectivity index (χ3n) is 2.90. The van der Waals surface area contributed by atoms with Crippen molar-refractivity contribution in [3.05, 3.63) is 52.7 Å². The van der Waals surface area contributed by atoms with Crippen LogP contribution < -0.4 is 10.6 Å². The Morgan fingerprint density at radius 1 is 1.18 bits per heavy atom. The topological polar surface area (TPSA) is 29.3 Å². The van der Waals surface area contributed by atoms with Crippen molar-refractivity contribution in [2.45, 2.75) is 13.0 Å². The summed E-state index contributed by atoms with van der Waals surface area (Å²) in [5, 5.41) is 2.11. The second-order valence-corrected chi connectivity index (χ2v) is 4.87. The standard InChI is InChI=1S/C14H18N2S/c1-2-16(12-7-4-3-5-8-12)13(11-15)14-9-6-10-17-14/h3-10,13H,2,11,15H2,1H3. The SMILES string of the molecule is CCN(c1ccccc1)C(CN)c1cccs1. The minimum absolute atomic E-state index is 0.280. The van der Waals surface area contributed by atoms with Gasteiger partial charge < -0.3 is 10.6 Å². The van der Waals surface area contributed by atoms with Crippen LogP contribution in [0.25, 0.3) is 0 Å². The van der Waals surface area contributed by atoms with Crippen LogP contribution in [0.3, 0.4) is 0 Å². The molecule has 0 aliphatic heterocycles. The van der Waals surface area contributed by atoms with Crippen molar-refractivity contribution >= 4 is 17.0 Å². The van der Waals surface area contributed by atoms with Gasteiger partial charge in [0.1, 0.15) is 0 Å². The molecule has 0 saturated carbocycles. The summed E-state index contributed by atoms with van der Waals surface area (Å²) in [5.74, 6) is 0. The van der Waals surface area contributed by atoms with Gasteiger partial charge in [-0.15, -0.1) is 11.3 Å². The Hall–Kier alpha value is -1.32. The van der Waals surface area contributed by atoms with Crippen LogP contribution in [0, 0.1) is 0 Å². The molecule has 0 radical (unpaired) electrons. The number of para-hydroxylation sites is 1. The zero-order chi connectivity index (χ0) is 12.1. The van der Waals surface area contributed by atoms with Crippen LogP contribution in [0.15, 0.2) is 47.8 Å². The summed E-state index contributed by atoms with van der Waals surface area (Å²) >= 11 is 1.77. The fourth-order valence-corrected chi connectivity index (χ4v) is 2.93. The van der Waals surface area contributed by atoms with Crippen molar-refractivity contribution in [2.24, 2.45) is 5.73 Å². The molecule has 0 bridgehead atoms. The molecule has 0 amide bonds. The highest BCUT2D eigenvalue weighted by atomic mass is 32.1. The van der Waals surface area contributed by atoms with Gasteiger partial charge in [0, 0.05) is 23.7 Å². The maximum Gasteiger partial charge on any atom is 0.0756 e. The van der Waals surface area contributed by atoms with E-state index in [2.05, 4.69) is 53.6 Å². The lowest BCUT2D eigenvalue weighted by Gasteiger charge is -2.31. The molecule has 0 aliphatic carbocycles. The zero-order valence-corrected chi connectivity index (χ0v) is 10.9. The predicted molar refractivity (Wildman–Crippen MR) is 75.6 cm³/mol. The van der Waals surface area contributed by atoms with Gasteiger partial charge in [0.25, 0.3) is 0 Å². The second kappa shape index (κ2) is 5.84. The second-order valence-electron chi connectivity index (χ2n) is 3.89. The smallest absolute Gasteiger partial charge is 0.0756 e. The van der Waals surface area contributed by atoms with Gasteiger partial charge in [-0.05, 0) is 30.5 Å². The van der Waals surface area contributed by atoms with E-state index < -0.39 is 0 Å². The quantitative estimate of drug-likeness (QED) is 0.877. The lowest BCUT2D eigenvalue weighted by Crippen LogP contribution is -2.33. The maximum atomic E-state index is 5.94. The summed E-state index contributed by atoms with van der Waals surface area (Å²) in [7, 11) is 0. The number of hydrogen-bond acceptors (Lipinski definition) is 3. The molecule has 1 heterocycles. The number of thiophene rings is 1. The lowest BCUT2D eigenvalue weighted by molar-refractivity contribution is 0.653. The minimum atomic E-state index is 0.280. The van der Waals surface area contributed by atoms with Crippen LogP contribution in [-0.4, -0.2) is 13.1 Å². The summed E-state index contributed by atoms with van der Waals surface area (Å²) in [6, 6.07) is 15.0. The molecule has 2 rings (SSSR count). The van der Waals surface area contributed by atoms with Crippen molar-refractivity contribution in [3.8, 4) is 0 Å². The summed E-state index contributed by atoms with van der Waals surface area (Å²) in [5.41, 5.74) is 7.18. The van der Waals surface area contributed by atoms with E-state index in [0.29, 0.717) is 6.54 Å². The Balaban J connectivity index is 2.28. The Morgan fingerprint density at radius 2 is 1.94 bits per heavy atom. The van der Waals surface area contributed by atoms with Crippen LogP contribution in [0.2, 0.25) is 0 Å². The minimum Gasteiger partial charge on any atom is -0.363 e. The molecule has 90 valence electrons. The van der Waals surface area contributed by atoms with E-state index in [1.807, 2.05) is 6.07 Å². The normalized spacial score (nSPS) is 12.4. The first-order valence-corrected chi connectivity index (χ1v) is 6.80. The van der Waals surface area contributed by atoms with Gasteiger partial charge in [0.05, 0.1) is 6.04 Å². The van der Waals surface area contributed by atoms with Crippen LogP contribution >= 0.6 is 11.3 Å². The van der Waals surface area contributed by atoms with Crippen LogP contribution in [0.5, 0.6) is 0 Å². The number of rotatable bonds is 5.